The number of aromatic hydroxyl groups is 1. The highest BCUT2D eigenvalue weighted by Gasteiger charge is 2.26. The molecule has 120 valence electrons. The first kappa shape index (κ1) is 15.1. The topological polar surface area (TPSA) is 95.5 Å². The van der Waals surface area contributed by atoms with Crippen LogP contribution in [0.1, 0.15) is 23.2 Å². The Hall–Kier alpha value is -2.83. The molecule has 2 aromatic heterocycles. The smallest absolute Gasteiger partial charge is 0.254 e. The molecule has 0 spiro atoms. The van der Waals surface area contributed by atoms with Crippen LogP contribution < -0.4 is 10.3 Å². The Morgan fingerprint density at radius 2 is 2.13 bits per heavy atom. The number of likely N-dealkylation sites (tertiary alicyclic amines) is 1. The lowest BCUT2D eigenvalue weighted by Crippen LogP contribution is -2.44. The van der Waals surface area contributed by atoms with Crippen LogP contribution in [0.5, 0.6) is 11.6 Å². The van der Waals surface area contributed by atoms with Gasteiger partial charge in [0.15, 0.2) is 5.88 Å². The van der Waals surface area contributed by atoms with Gasteiger partial charge in [0.05, 0.1) is 12.1 Å². The third kappa shape index (κ3) is 3.68. The van der Waals surface area contributed by atoms with Gasteiger partial charge in [0, 0.05) is 31.1 Å². The van der Waals surface area contributed by atoms with E-state index >= 15 is 0 Å². The van der Waals surface area contributed by atoms with Gasteiger partial charge in [-0.1, -0.05) is 0 Å². The van der Waals surface area contributed by atoms with Crippen molar-refractivity contribution in [1.29, 1.82) is 0 Å². The van der Waals surface area contributed by atoms with E-state index in [1.807, 2.05) is 0 Å². The molecule has 1 fully saturated rings. The highest BCUT2D eigenvalue weighted by atomic mass is 16.5. The van der Waals surface area contributed by atoms with Gasteiger partial charge in [-0.3, -0.25) is 19.6 Å². The van der Waals surface area contributed by atoms with Gasteiger partial charge < -0.3 is 14.7 Å². The number of carbonyl (C=O) groups is 1. The van der Waals surface area contributed by atoms with E-state index < -0.39 is 5.56 Å². The zero-order valence-electron chi connectivity index (χ0n) is 12.4. The maximum Gasteiger partial charge on any atom is 0.254 e. The lowest BCUT2D eigenvalue weighted by Gasteiger charge is -2.33. The molecule has 0 saturated carbocycles. The maximum absolute atomic E-state index is 12.5. The second kappa shape index (κ2) is 6.51. The molecule has 0 aliphatic carbocycles. The summed E-state index contributed by atoms with van der Waals surface area (Å²) < 4.78 is 5.87. The van der Waals surface area contributed by atoms with Gasteiger partial charge >= 0.3 is 0 Å². The standard InChI is InChI=1S/C16H17N3O4/c20-14-8-11(9-15(21)18-14)16(22)19-7-1-2-13(10-19)23-12-3-5-17-6-4-12/h3-6,8-9,13H,1-2,7,10H2,(H2,18,20,21). The monoisotopic (exact) mass is 315 g/mol. The molecule has 0 bridgehead atoms. The number of aromatic amines is 1. The lowest BCUT2D eigenvalue weighted by atomic mass is 10.1. The number of H-pyrrole nitrogens is 1. The van der Waals surface area contributed by atoms with Crippen molar-refractivity contribution in [2.75, 3.05) is 13.1 Å². The molecule has 23 heavy (non-hydrogen) atoms. The molecular formula is C16H17N3O4. The number of rotatable bonds is 3. The summed E-state index contributed by atoms with van der Waals surface area (Å²) in [6, 6.07) is 6.00. The van der Waals surface area contributed by atoms with Gasteiger partial charge in [-0.05, 0) is 25.0 Å². The van der Waals surface area contributed by atoms with E-state index in [1.54, 1.807) is 29.4 Å². The number of aromatic nitrogens is 2. The van der Waals surface area contributed by atoms with Crippen LogP contribution >= 0.6 is 0 Å². The van der Waals surface area contributed by atoms with Gasteiger partial charge in [-0.25, -0.2) is 0 Å². The van der Waals surface area contributed by atoms with Crippen LogP contribution in [0.2, 0.25) is 0 Å². The minimum Gasteiger partial charge on any atom is -0.494 e. The minimum absolute atomic E-state index is 0.106. The lowest BCUT2D eigenvalue weighted by molar-refractivity contribution is 0.0537. The third-order valence-electron chi connectivity index (χ3n) is 3.69. The number of carbonyl (C=O) groups excluding carboxylic acids is 1. The molecule has 3 heterocycles. The number of nitrogens with zero attached hydrogens (tertiary/aromatic N) is 2. The van der Waals surface area contributed by atoms with Crippen LogP contribution in [0.4, 0.5) is 0 Å². The number of ether oxygens (including phenoxy) is 1. The Labute approximate surface area is 132 Å². The summed E-state index contributed by atoms with van der Waals surface area (Å²) in [5.74, 6) is 0.116. The summed E-state index contributed by atoms with van der Waals surface area (Å²) in [5, 5.41) is 9.43. The van der Waals surface area contributed by atoms with Crippen LogP contribution in [0.25, 0.3) is 0 Å². The molecule has 1 amide bonds. The van der Waals surface area contributed by atoms with Crippen LogP contribution in [0.3, 0.4) is 0 Å². The quantitative estimate of drug-likeness (QED) is 0.886. The second-order valence-corrected chi connectivity index (χ2v) is 5.43. The first-order chi connectivity index (χ1) is 11.1. The summed E-state index contributed by atoms with van der Waals surface area (Å²) >= 11 is 0. The van der Waals surface area contributed by atoms with Crippen molar-refractivity contribution in [3.63, 3.8) is 0 Å². The van der Waals surface area contributed by atoms with Crippen LogP contribution in [-0.2, 0) is 0 Å². The van der Waals surface area contributed by atoms with Gasteiger partial charge in [0.2, 0.25) is 0 Å². The highest BCUT2D eigenvalue weighted by molar-refractivity contribution is 5.94. The zero-order valence-corrected chi connectivity index (χ0v) is 12.4. The van der Waals surface area contributed by atoms with E-state index in [0.717, 1.165) is 12.8 Å². The van der Waals surface area contributed by atoms with Gasteiger partial charge in [0.25, 0.3) is 11.5 Å². The average molecular weight is 315 g/mol. The summed E-state index contributed by atoms with van der Waals surface area (Å²) in [7, 11) is 0. The summed E-state index contributed by atoms with van der Waals surface area (Å²) in [6.45, 7) is 1.04. The van der Waals surface area contributed by atoms with Gasteiger partial charge in [0.1, 0.15) is 11.9 Å². The van der Waals surface area contributed by atoms with Crippen LogP contribution in [0.15, 0.2) is 41.5 Å². The molecule has 0 aromatic carbocycles. The number of pyridine rings is 2. The molecule has 7 heteroatoms. The van der Waals surface area contributed by atoms with Crippen molar-refractivity contribution in [1.82, 2.24) is 14.9 Å². The van der Waals surface area contributed by atoms with E-state index in [0.29, 0.717) is 18.8 Å². The van der Waals surface area contributed by atoms with E-state index in [2.05, 4.69) is 9.97 Å². The molecule has 1 saturated heterocycles. The van der Waals surface area contributed by atoms with Crippen LogP contribution in [0, 0.1) is 0 Å². The third-order valence-corrected chi connectivity index (χ3v) is 3.69. The van der Waals surface area contributed by atoms with Crippen molar-refractivity contribution in [3.05, 3.63) is 52.6 Å². The fourth-order valence-corrected chi connectivity index (χ4v) is 2.66. The molecule has 1 aliphatic heterocycles. The van der Waals surface area contributed by atoms with Crippen molar-refractivity contribution in [3.8, 4) is 11.6 Å². The predicted molar refractivity (Wildman–Crippen MR) is 82.5 cm³/mol. The summed E-state index contributed by atoms with van der Waals surface area (Å²) in [5.41, 5.74) is -0.328. The summed E-state index contributed by atoms with van der Waals surface area (Å²) in [6.07, 6.45) is 4.87. The zero-order chi connectivity index (χ0) is 16.2. The Balaban J connectivity index is 1.70. The molecule has 1 unspecified atom stereocenters. The summed E-state index contributed by atoms with van der Waals surface area (Å²) in [4.78, 5) is 31.7. The fourth-order valence-electron chi connectivity index (χ4n) is 2.66. The molecule has 0 radical (unpaired) electrons. The van der Waals surface area contributed by atoms with Gasteiger partial charge in [-0.2, -0.15) is 0 Å². The van der Waals surface area contributed by atoms with Crippen LogP contribution in [-0.4, -0.2) is 45.1 Å². The SMILES string of the molecule is O=C(c1cc(O)[nH]c(=O)c1)N1CCCC(Oc2ccncc2)C1. The molecule has 1 aliphatic rings. The van der Waals surface area contributed by atoms with E-state index in [1.165, 1.54) is 12.1 Å². The highest BCUT2D eigenvalue weighted by Crippen LogP contribution is 2.19. The largest absolute Gasteiger partial charge is 0.494 e. The Bertz CT molecular complexity index is 744. The average Bonchev–Trinajstić information content (AvgIpc) is 2.54. The number of hydrogen-bond donors (Lipinski definition) is 2. The Morgan fingerprint density at radius 1 is 1.35 bits per heavy atom. The predicted octanol–water partition coefficient (Wildman–Crippen LogP) is 1.16. The van der Waals surface area contributed by atoms with Crippen molar-refractivity contribution in [2.45, 2.75) is 18.9 Å². The Morgan fingerprint density at radius 3 is 2.87 bits per heavy atom. The molecular weight excluding hydrogens is 298 g/mol. The maximum atomic E-state index is 12.5. The number of nitrogens with one attached hydrogen (secondary N) is 1. The fraction of sp³-hybridized carbons (Fsp3) is 0.312. The van der Waals surface area contributed by atoms with E-state index in [-0.39, 0.29) is 23.5 Å². The van der Waals surface area contributed by atoms with E-state index in [4.69, 9.17) is 4.74 Å². The molecule has 2 aromatic rings. The van der Waals surface area contributed by atoms with Crippen molar-refractivity contribution < 1.29 is 14.6 Å². The van der Waals surface area contributed by atoms with Gasteiger partial charge in [-0.15, -0.1) is 0 Å². The molecule has 1 atom stereocenters. The molecule has 2 N–H and O–H groups in total. The second-order valence-electron chi connectivity index (χ2n) is 5.43. The number of hydrogen-bond acceptors (Lipinski definition) is 5. The first-order valence-electron chi connectivity index (χ1n) is 7.41. The Kier molecular flexibility index (Phi) is 4.27. The minimum atomic E-state index is -0.505. The first-order valence-corrected chi connectivity index (χ1v) is 7.41. The molecule has 3 rings (SSSR count). The molecule has 7 nitrogen and oxygen atoms in total. The van der Waals surface area contributed by atoms with Crippen molar-refractivity contribution in [2.24, 2.45) is 0 Å². The number of amides is 1. The van der Waals surface area contributed by atoms with E-state index in [9.17, 15) is 14.7 Å². The normalized spacial score (nSPS) is 17.7. The number of piperidine rings is 1. The van der Waals surface area contributed by atoms with Crippen molar-refractivity contribution >= 4 is 5.91 Å².